The quantitative estimate of drug-likeness (QED) is 0.709. The largest absolute Gasteiger partial charge is 0.360 e. The number of nitrogens with two attached hydrogens (primary N) is 1. The minimum absolute atomic E-state index is 0.0531. The minimum Gasteiger partial charge on any atom is -0.360 e. The second-order valence-electron chi connectivity index (χ2n) is 7.35. The van der Waals surface area contributed by atoms with Crippen LogP contribution in [0.3, 0.4) is 0 Å². The maximum Gasteiger partial charge on any atom is 0.293 e. The Labute approximate surface area is 146 Å². The predicted molar refractivity (Wildman–Crippen MR) is 94.0 cm³/mol. The first-order chi connectivity index (χ1) is 12.5. The van der Waals surface area contributed by atoms with E-state index in [-0.39, 0.29) is 40.3 Å². The third kappa shape index (κ3) is 2.06. The highest BCUT2D eigenvalue weighted by Crippen LogP contribution is 2.39. The fraction of sp³-hybridized carbons (Fsp3) is 0.471. The summed E-state index contributed by atoms with van der Waals surface area (Å²) in [5, 5.41) is 2.22. The van der Waals surface area contributed by atoms with Crippen LogP contribution in [0.2, 0.25) is 0 Å². The Balaban J connectivity index is 1.83. The number of aromatic amines is 1. The highest BCUT2D eigenvalue weighted by Gasteiger charge is 2.33. The molecule has 2 atom stereocenters. The molecule has 1 aliphatic carbocycles. The molecule has 9 heteroatoms. The molecule has 0 spiro atoms. The Morgan fingerprint density at radius 2 is 2.12 bits per heavy atom. The van der Waals surface area contributed by atoms with Crippen molar-refractivity contribution in [2.75, 3.05) is 18.0 Å². The molecule has 1 saturated heterocycles. The van der Waals surface area contributed by atoms with Crippen molar-refractivity contribution in [3.8, 4) is 0 Å². The van der Waals surface area contributed by atoms with Crippen molar-refractivity contribution in [2.24, 2.45) is 11.7 Å². The monoisotopic (exact) mass is 359 g/mol. The number of hydrogen-bond donors (Lipinski definition) is 2. The van der Waals surface area contributed by atoms with Crippen LogP contribution in [-0.2, 0) is 0 Å². The van der Waals surface area contributed by atoms with Gasteiger partial charge in [0, 0.05) is 25.2 Å². The lowest BCUT2D eigenvalue weighted by atomic mass is 10.1. The van der Waals surface area contributed by atoms with Gasteiger partial charge in [-0.3, -0.25) is 14.2 Å². The lowest BCUT2D eigenvalue weighted by molar-refractivity contribution is 0.428. The molecule has 1 saturated carbocycles. The lowest BCUT2D eigenvalue weighted by Crippen LogP contribution is -2.29. The summed E-state index contributed by atoms with van der Waals surface area (Å²) in [4.78, 5) is 31.0. The van der Waals surface area contributed by atoms with E-state index in [2.05, 4.69) is 10.1 Å². The number of halogens is 1. The highest BCUT2D eigenvalue weighted by atomic mass is 19.1. The van der Waals surface area contributed by atoms with Gasteiger partial charge >= 0.3 is 0 Å². The van der Waals surface area contributed by atoms with E-state index in [1.54, 1.807) is 4.57 Å². The lowest BCUT2D eigenvalue weighted by Gasteiger charge is -2.19. The van der Waals surface area contributed by atoms with Crippen LogP contribution in [0.5, 0.6) is 0 Å². The molecule has 0 amide bonds. The maximum absolute atomic E-state index is 14.8. The molecule has 4 heterocycles. The van der Waals surface area contributed by atoms with Crippen molar-refractivity contribution < 1.29 is 8.91 Å². The van der Waals surface area contributed by atoms with Gasteiger partial charge in [-0.1, -0.05) is 6.92 Å². The summed E-state index contributed by atoms with van der Waals surface area (Å²) in [6.07, 6.45) is 1.78. The van der Waals surface area contributed by atoms with Crippen LogP contribution in [0.1, 0.15) is 25.8 Å². The van der Waals surface area contributed by atoms with Crippen LogP contribution >= 0.6 is 0 Å². The number of nitrogens with one attached hydrogen (secondary N) is 1. The van der Waals surface area contributed by atoms with Gasteiger partial charge < -0.3 is 15.2 Å². The molecule has 0 radical (unpaired) electrons. The second-order valence-corrected chi connectivity index (χ2v) is 7.35. The molecule has 5 rings (SSSR count). The van der Waals surface area contributed by atoms with Gasteiger partial charge in [0.15, 0.2) is 17.0 Å². The first-order valence-electron chi connectivity index (χ1n) is 8.72. The van der Waals surface area contributed by atoms with Crippen molar-refractivity contribution in [3.63, 3.8) is 0 Å². The van der Waals surface area contributed by atoms with E-state index in [0.717, 1.165) is 12.8 Å². The molecule has 2 fully saturated rings. The van der Waals surface area contributed by atoms with Gasteiger partial charge in [0.1, 0.15) is 5.65 Å². The van der Waals surface area contributed by atoms with E-state index >= 15 is 0 Å². The highest BCUT2D eigenvalue weighted by molar-refractivity contribution is 5.90. The number of hydrogen-bond acceptors (Lipinski definition) is 6. The van der Waals surface area contributed by atoms with E-state index in [1.165, 1.54) is 6.07 Å². The van der Waals surface area contributed by atoms with Gasteiger partial charge in [-0.25, -0.2) is 9.37 Å². The molecular formula is C17H18FN5O3. The Morgan fingerprint density at radius 3 is 2.77 bits per heavy atom. The molecular weight excluding hydrogens is 341 g/mol. The van der Waals surface area contributed by atoms with E-state index in [1.807, 2.05) is 11.8 Å². The number of pyridine rings is 2. The zero-order chi connectivity index (χ0) is 18.2. The van der Waals surface area contributed by atoms with E-state index in [9.17, 15) is 14.0 Å². The number of aromatic nitrogens is 3. The average molecular weight is 359 g/mol. The molecule has 2 aliphatic rings. The van der Waals surface area contributed by atoms with E-state index in [0.29, 0.717) is 18.7 Å². The smallest absolute Gasteiger partial charge is 0.293 e. The predicted octanol–water partition coefficient (Wildman–Crippen LogP) is 1.09. The molecule has 0 bridgehead atoms. The summed E-state index contributed by atoms with van der Waals surface area (Å²) in [6.45, 7) is 3.12. The fourth-order valence-corrected chi connectivity index (χ4v) is 3.77. The maximum atomic E-state index is 14.8. The van der Waals surface area contributed by atoms with Crippen molar-refractivity contribution >= 4 is 28.0 Å². The molecule has 3 N–H and O–H groups in total. The number of anilines is 1. The molecule has 0 aromatic carbocycles. The molecule has 2 unspecified atom stereocenters. The van der Waals surface area contributed by atoms with Crippen molar-refractivity contribution in [1.82, 2.24) is 14.7 Å². The molecule has 1 aliphatic heterocycles. The summed E-state index contributed by atoms with van der Waals surface area (Å²) in [5.41, 5.74) is 5.40. The van der Waals surface area contributed by atoms with Crippen LogP contribution in [-0.4, -0.2) is 33.8 Å². The normalized spacial score (nSPS) is 23.4. The van der Waals surface area contributed by atoms with Gasteiger partial charge in [0.25, 0.3) is 5.56 Å². The van der Waals surface area contributed by atoms with Crippen LogP contribution in [0.15, 0.2) is 20.2 Å². The van der Waals surface area contributed by atoms with Crippen LogP contribution in [0.25, 0.3) is 22.1 Å². The molecule has 3 aromatic heterocycles. The van der Waals surface area contributed by atoms with Gasteiger partial charge in [0.2, 0.25) is 11.1 Å². The first kappa shape index (κ1) is 15.6. The second kappa shape index (κ2) is 5.16. The van der Waals surface area contributed by atoms with Crippen LogP contribution in [0, 0.1) is 11.7 Å². The molecule has 136 valence electrons. The van der Waals surface area contributed by atoms with Gasteiger partial charge in [-0.05, 0) is 24.8 Å². The number of fused-ring (bicyclic) bond motifs is 2. The molecule has 3 aromatic rings. The fourth-order valence-electron chi connectivity index (χ4n) is 3.77. The van der Waals surface area contributed by atoms with Crippen LogP contribution < -0.4 is 21.6 Å². The van der Waals surface area contributed by atoms with Crippen molar-refractivity contribution in [1.29, 1.82) is 0 Å². The standard InChI is InChI=1S/C17H18FN5O3/c1-7-5-22(6-11(7)19)15-10(18)4-9-13(24)12-16(25)21-26-17(12)23(8-2-3-8)14(9)20-15/h4,7-8,11H,2-3,5-6,19H2,1H3,(H,21,25). The van der Waals surface area contributed by atoms with Gasteiger partial charge in [-0.2, -0.15) is 5.16 Å². The van der Waals surface area contributed by atoms with Gasteiger partial charge in [0.05, 0.1) is 5.39 Å². The zero-order valence-corrected chi connectivity index (χ0v) is 14.2. The molecule has 8 nitrogen and oxygen atoms in total. The number of rotatable bonds is 2. The topological polar surface area (TPSA) is 110 Å². The third-order valence-corrected chi connectivity index (χ3v) is 5.42. The Hall–Kier alpha value is -2.68. The van der Waals surface area contributed by atoms with Crippen molar-refractivity contribution in [3.05, 3.63) is 32.5 Å². The summed E-state index contributed by atoms with van der Waals surface area (Å²) in [6, 6.07) is 1.21. The summed E-state index contributed by atoms with van der Waals surface area (Å²) >= 11 is 0. The Morgan fingerprint density at radius 1 is 1.35 bits per heavy atom. The SMILES string of the molecule is CC1CN(c2nc3c(cc2F)c(=O)c2c(=O)[nH]oc2n3C2CC2)CC1N. The van der Waals surface area contributed by atoms with Crippen molar-refractivity contribution in [2.45, 2.75) is 31.8 Å². The minimum atomic E-state index is -0.606. The Bertz CT molecular complexity index is 1150. The number of H-pyrrole nitrogens is 1. The first-order valence-corrected chi connectivity index (χ1v) is 8.72. The van der Waals surface area contributed by atoms with Gasteiger partial charge in [-0.15, -0.1) is 0 Å². The zero-order valence-electron chi connectivity index (χ0n) is 14.2. The Kier molecular flexibility index (Phi) is 3.09. The molecule has 26 heavy (non-hydrogen) atoms. The average Bonchev–Trinajstić information content (AvgIpc) is 3.28. The summed E-state index contributed by atoms with van der Waals surface area (Å²) < 4.78 is 21.8. The summed E-state index contributed by atoms with van der Waals surface area (Å²) in [5.74, 6) is -0.177. The van der Waals surface area contributed by atoms with E-state index in [4.69, 9.17) is 10.3 Å². The summed E-state index contributed by atoms with van der Waals surface area (Å²) in [7, 11) is 0. The van der Waals surface area contributed by atoms with Crippen LogP contribution in [0.4, 0.5) is 10.2 Å². The third-order valence-electron chi connectivity index (χ3n) is 5.42. The van der Waals surface area contributed by atoms with E-state index < -0.39 is 16.8 Å². The number of nitrogens with zero attached hydrogens (tertiary/aromatic N) is 3.